The van der Waals surface area contributed by atoms with Gasteiger partial charge in [-0.2, -0.15) is 5.10 Å². The van der Waals surface area contributed by atoms with Crippen molar-refractivity contribution in [3.8, 4) is 0 Å². The van der Waals surface area contributed by atoms with Crippen molar-refractivity contribution in [1.29, 1.82) is 0 Å². The Labute approximate surface area is 126 Å². The minimum atomic E-state index is 0.0906. The molecule has 1 aliphatic heterocycles. The maximum atomic E-state index is 12.1. The first-order valence-electron chi connectivity index (χ1n) is 7.95. The quantitative estimate of drug-likeness (QED) is 0.771. The summed E-state index contributed by atoms with van der Waals surface area (Å²) in [5.41, 5.74) is 6.67. The molecule has 1 atom stereocenters. The van der Waals surface area contributed by atoms with Crippen LogP contribution in [0.1, 0.15) is 31.9 Å². The van der Waals surface area contributed by atoms with Gasteiger partial charge in [0.1, 0.15) is 0 Å². The standard InChI is InChI=1S/C15H27N5O/c1-2-9-20-14(5-7-18-20)12-19-10-3-4-13(11-19)15(21)17-8-6-16/h5,7,13H,2-4,6,8-12,16H2,1H3,(H,17,21). The predicted molar refractivity (Wildman–Crippen MR) is 82.6 cm³/mol. The summed E-state index contributed by atoms with van der Waals surface area (Å²) in [4.78, 5) is 14.4. The second-order valence-corrected chi connectivity index (χ2v) is 5.70. The second-order valence-electron chi connectivity index (χ2n) is 5.70. The summed E-state index contributed by atoms with van der Waals surface area (Å²) in [6.45, 7) is 6.93. The van der Waals surface area contributed by atoms with Gasteiger partial charge in [-0.3, -0.25) is 14.4 Å². The van der Waals surface area contributed by atoms with Crippen LogP contribution in [0.5, 0.6) is 0 Å². The molecule has 1 saturated heterocycles. The van der Waals surface area contributed by atoms with E-state index >= 15 is 0 Å². The van der Waals surface area contributed by atoms with Gasteiger partial charge in [-0.15, -0.1) is 0 Å². The molecule has 2 heterocycles. The fraction of sp³-hybridized carbons (Fsp3) is 0.733. The summed E-state index contributed by atoms with van der Waals surface area (Å²) < 4.78 is 2.07. The van der Waals surface area contributed by atoms with E-state index in [1.165, 1.54) is 5.69 Å². The van der Waals surface area contributed by atoms with E-state index in [4.69, 9.17) is 5.73 Å². The van der Waals surface area contributed by atoms with Gasteiger partial charge < -0.3 is 11.1 Å². The number of hydrogen-bond acceptors (Lipinski definition) is 4. The number of nitrogens with zero attached hydrogens (tertiary/aromatic N) is 3. The molecule has 1 aromatic rings. The van der Waals surface area contributed by atoms with E-state index in [1.807, 2.05) is 6.20 Å². The van der Waals surface area contributed by atoms with Crippen LogP contribution in [0.25, 0.3) is 0 Å². The van der Waals surface area contributed by atoms with E-state index in [-0.39, 0.29) is 11.8 Å². The Balaban J connectivity index is 1.88. The zero-order valence-corrected chi connectivity index (χ0v) is 12.9. The fourth-order valence-electron chi connectivity index (χ4n) is 2.89. The van der Waals surface area contributed by atoms with E-state index in [9.17, 15) is 4.79 Å². The second kappa shape index (κ2) is 8.14. The number of carbonyl (C=O) groups excluding carboxylic acids is 1. The van der Waals surface area contributed by atoms with Gasteiger partial charge in [0.25, 0.3) is 0 Å². The number of nitrogens with one attached hydrogen (secondary N) is 1. The fourth-order valence-corrected chi connectivity index (χ4v) is 2.89. The summed E-state index contributed by atoms with van der Waals surface area (Å²) in [5, 5.41) is 7.27. The van der Waals surface area contributed by atoms with Gasteiger partial charge in [0.15, 0.2) is 0 Å². The van der Waals surface area contributed by atoms with Crippen molar-refractivity contribution in [2.45, 2.75) is 39.3 Å². The van der Waals surface area contributed by atoms with Gasteiger partial charge in [0, 0.05) is 38.9 Å². The molecule has 21 heavy (non-hydrogen) atoms. The van der Waals surface area contributed by atoms with Gasteiger partial charge in [0.2, 0.25) is 5.91 Å². The zero-order valence-electron chi connectivity index (χ0n) is 12.9. The first-order chi connectivity index (χ1) is 10.2. The lowest BCUT2D eigenvalue weighted by atomic mass is 9.97. The van der Waals surface area contributed by atoms with E-state index < -0.39 is 0 Å². The van der Waals surface area contributed by atoms with E-state index in [1.54, 1.807) is 0 Å². The molecule has 6 nitrogen and oxygen atoms in total. The summed E-state index contributed by atoms with van der Waals surface area (Å²) in [7, 11) is 0. The van der Waals surface area contributed by atoms with Gasteiger partial charge in [-0.25, -0.2) is 0 Å². The van der Waals surface area contributed by atoms with Crippen LogP contribution in [0.2, 0.25) is 0 Å². The zero-order chi connectivity index (χ0) is 15.1. The predicted octanol–water partition coefficient (Wildman–Crippen LogP) is 0.580. The summed E-state index contributed by atoms with van der Waals surface area (Å²) in [6, 6.07) is 2.08. The van der Waals surface area contributed by atoms with Crippen LogP contribution in [0.15, 0.2) is 12.3 Å². The SMILES string of the molecule is CCCn1nccc1CN1CCCC(C(=O)NCCN)C1. The number of likely N-dealkylation sites (tertiary alicyclic amines) is 1. The first kappa shape index (κ1) is 16.0. The van der Waals surface area contributed by atoms with Crippen LogP contribution in [0, 0.1) is 5.92 Å². The van der Waals surface area contributed by atoms with Crippen LogP contribution in [0.3, 0.4) is 0 Å². The minimum Gasteiger partial charge on any atom is -0.355 e. The highest BCUT2D eigenvalue weighted by Crippen LogP contribution is 2.18. The number of nitrogens with two attached hydrogens (primary N) is 1. The number of aromatic nitrogens is 2. The Hall–Kier alpha value is -1.40. The molecule has 1 unspecified atom stereocenters. The molecule has 0 saturated carbocycles. The number of aryl methyl sites for hydroxylation is 1. The third-order valence-electron chi connectivity index (χ3n) is 3.95. The third-order valence-corrected chi connectivity index (χ3v) is 3.95. The average Bonchev–Trinajstić information content (AvgIpc) is 2.92. The molecule has 0 aliphatic carbocycles. The number of piperidine rings is 1. The van der Waals surface area contributed by atoms with Crippen LogP contribution in [-0.4, -0.2) is 46.8 Å². The lowest BCUT2D eigenvalue weighted by Crippen LogP contribution is -2.43. The monoisotopic (exact) mass is 293 g/mol. The molecular weight excluding hydrogens is 266 g/mol. The van der Waals surface area contributed by atoms with Crippen LogP contribution in [0.4, 0.5) is 0 Å². The molecule has 1 amide bonds. The van der Waals surface area contributed by atoms with Crippen molar-refractivity contribution in [2.24, 2.45) is 11.7 Å². The van der Waals surface area contributed by atoms with Crippen molar-refractivity contribution in [3.63, 3.8) is 0 Å². The van der Waals surface area contributed by atoms with Crippen molar-refractivity contribution in [3.05, 3.63) is 18.0 Å². The highest BCUT2D eigenvalue weighted by molar-refractivity contribution is 5.78. The van der Waals surface area contributed by atoms with Crippen molar-refractivity contribution < 1.29 is 4.79 Å². The third kappa shape index (κ3) is 4.54. The van der Waals surface area contributed by atoms with E-state index in [0.717, 1.165) is 45.4 Å². The van der Waals surface area contributed by atoms with E-state index in [2.05, 4.69) is 33.0 Å². The number of rotatable bonds is 7. The first-order valence-corrected chi connectivity index (χ1v) is 7.95. The molecular formula is C15H27N5O. The summed E-state index contributed by atoms with van der Waals surface area (Å²) >= 11 is 0. The highest BCUT2D eigenvalue weighted by Gasteiger charge is 2.25. The van der Waals surface area contributed by atoms with Crippen LogP contribution in [-0.2, 0) is 17.9 Å². The van der Waals surface area contributed by atoms with E-state index in [0.29, 0.717) is 13.1 Å². The summed E-state index contributed by atoms with van der Waals surface area (Å²) in [6.07, 6.45) is 4.99. The largest absolute Gasteiger partial charge is 0.355 e. The van der Waals surface area contributed by atoms with Crippen molar-refractivity contribution >= 4 is 5.91 Å². The van der Waals surface area contributed by atoms with Gasteiger partial charge in [-0.1, -0.05) is 6.92 Å². The highest BCUT2D eigenvalue weighted by atomic mass is 16.1. The Morgan fingerprint density at radius 2 is 2.43 bits per heavy atom. The Bertz CT molecular complexity index is 445. The average molecular weight is 293 g/mol. The maximum Gasteiger partial charge on any atom is 0.224 e. The molecule has 3 N–H and O–H groups in total. The van der Waals surface area contributed by atoms with Crippen molar-refractivity contribution in [1.82, 2.24) is 20.0 Å². The van der Waals surface area contributed by atoms with Crippen molar-refractivity contribution in [2.75, 3.05) is 26.2 Å². The van der Waals surface area contributed by atoms with Gasteiger partial charge in [0.05, 0.1) is 11.6 Å². The lowest BCUT2D eigenvalue weighted by Gasteiger charge is -2.32. The molecule has 118 valence electrons. The molecule has 0 spiro atoms. The molecule has 0 bridgehead atoms. The smallest absolute Gasteiger partial charge is 0.224 e. The molecule has 0 radical (unpaired) electrons. The molecule has 1 aromatic heterocycles. The molecule has 0 aromatic carbocycles. The van der Waals surface area contributed by atoms with Crippen LogP contribution >= 0.6 is 0 Å². The van der Waals surface area contributed by atoms with Crippen LogP contribution < -0.4 is 11.1 Å². The molecule has 1 aliphatic rings. The normalized spacial score (nSPS) is 19.6. The van der Waals surface area contributed by atoms with Gasteiger partial charge >= 0.3 is 0 Å². The Morgan fingerprint density at radius 1 is 1.57 bits per heavy atom. The molecule has 1 fully saturated rings. The van der Waals surface area contributed by atoms with Gasteiger partial charge in [-0.05, 0) is 31.9 Å². The maximum absolute atomic E-state index is 12.1. The Kier molecular flexibility index (Phi) is 6.20. The summed E-state index contributed by atoms with van der Waals surface area (Å²) in [5.74, 6) is 0.236. The number of carbonyl (C=O) groups is 1. The number of amides is 1. The molecule has 2 rings (SSSR count). The Morgan fingerprint density at radius 3 is 3.19 bits per heavy atom. The topological polar surface area (TPSA) is 76.2 Å². The molecule has 6 heteroatoms. The lowest BCUT2D eigenvalue weighted by molar-refractivity contribution is -0.126. The minimum absolute atomic E-state index is 0.0906. The number of hydrogen-bond donors (Lipinski definition) is 2.